The molecule has 288 valence electrons. The highest BCUT2D eigenvalue weighted by Gasteiger charge is 2.30. The molecule has 3 N–H and O–H groups in total. The van der Waals surface area contributed by atoms with Gasteiger partial charge in [0.2, 0.25) is 5.91 Å². The van der Waals surface area contributed by atoms with Crippen LogP contribution < -0.4 is 11.1 Å². The number of aryl methyl sites for hydroxylation is 1. The zero-order valence-corrected chi connectivity index (χ0v) is 32.1. The fourth-order valence-electron chi connectivity index (χ4n) is 6.63. The third kappa shape index (κ3) is 8.22. The number of pyridine rings is 1. The number of nitrogens with zero attached hydrogens (tertiary/aromatic N) is 8. The Morgan fingerprint density at radius 1 is 0.945 bits per heavy atom. The maximum absolute atomic E-state index is 15.7. The van der Waals surface area contributed by atoms with Crippen LogP contribution >= 0.6 is 11.6 Å². The lowest BCUT2D eigenvalue weighted by molar-refractivity contribution is -0.137. The lowest BCUT2D eigenvalue weighted by Crippen LogP contribution is -2.52. The maximum atomic E-state index is 15.7. The first-order chi connectivity index (χ1) is 26.3. The molecule has 0 aliphatic carbocycles. The van der Waals surface area contributed by atoms with Crippen molar-refractivity contribution in [3.63, 3.8) is 0 Å². The molecule has 1 fully saturated rings. The molecule has 5 aromatic rings. The molecule has 1 aliphatic rings. The number of carbonyl (C=O) groups is 3. The van der Waals surface area contributed by atoms with E-state index in [1.165, 1.54) is 53.0 Å². The summed E-state index contributed by atoms with van der Waals surface area (Å²) in [4.78, 5) is 53.8. The van der Waals surface area contributed by atoms with Crippen molar-refractivity contribution in [2.75, 3.05) is 57.9 Å². The Morgan fingerprint density at radius 2 is 1.64 bits per heavy atom. The van der Waals surface area contributed by atoms with Gasteiger partial charge in [0, 0.05) is 67.7 Å². The summed E-state index contributed by atoms with van der Waals surface area (Å²) in [5.41, 5.74) is 7.71. The van der Waals surface area contributed by atoms with Crippen LogP contribution in [0.1, 0.15) is 46.4 Å². The zero-order valence-electron chi connectivity index (χ0n) is 31.3. The molecule has 16 heteroatoms. The highest BCUT2D eigenvalue weighted by Crippen LogP contribution is 2.33. The fourth-order valence-corrected chi connectivity index (χ4v) is 6.89. The van der Waals surface area contributed by atoms with Crippen LogP contribution in [0.4, 0.5) is 20.2 Å². The first kappa shape index (κ1) is 39.0. The number of hydrogen-bond donors (Lipinski definition) is 2. The number of nitrogen functional groups attached to an aromatic ring is 1. The van der Waals surface area contributed by atoms with Crippen LogP contribution in [0.25, 0.3) is 28.2 Å². The third-order valence-corrected chi connectivity index (χ3v) is 10.2. The predicted octanol–water partition coefficient (Wildman–Crippen LogP) is 5.67. The molecule has 4 heterocycles. The largest absolute Gasteiger partial charge is 0.397 e. The first-order valence-corrected chi connectivity index (χ1v) is 18.3. The molecule has 6 rings (SSSR count). The van der Waals surface area contributed by atoms with Crippen molar-refractivity contribution in [1.29, 1.82) is 0 Å². The summed E-state index contributed by atoms with van der Waals surface area (Å²) < 4.78 is 34.1. The zero-order chi connectivity index (χ0) is 39.6. The van der Waals surface area contributed by atoms with Crippen LogP contribution in [0, 0.1) is 24.5 Å². The monoisotopic (exact) mass is 772 g/mol. The number of carbonyl (C=O) groups excluding carboxylic acids is 3. The number of imidazole rings is 1. The minimum absolute atomic E-state index is 0.00743. The lowest BCUT2D eigenvalue weighted by atomic mass is 10.00. The van der Waals surface area contributed by atoms with E-state index < -0.39 is 17.5 Å². The lowest BCUT2D eigenvalue weighted by Gasteiger charge is -2.36. The average Bonchev–Trinajstić information content (AvgIpc) is 3.74. The van der Waals surface area contributed by atoms with Gasteiger partial charge < -0.3 is 30.3 Å². The van der Waals surface area contributed by atoms with Crippen LogP contribution in [0.2, 0.25) is 5.02 Å². The molecule has 2 aromatic carbocycles. The summed E-state index contributed by atoms with van der Waals surface area (Å²) >= 11 is 6.55. The molecule has 0 spiro atoms. The summed E-state index contributed by atoms with van der Waals surface area (Å²) in [5, 5.41) is 7.25. The van der Waals surface area contributed by atoms with Gasteiger partial charge in [0.1, 0.15) is 0 Å². The minimum atomic E-state index is -1.12. The number of nitrogens with two attached hydrogens (primary N) is 1. The van der Waals surface area contributed by atoms with Gasteiger partial charge in [-0.05, 0) is 76.8 Å². The quantitative estimate of drug-likeness (QED) is 0.175. The van der Waals surface area contributed by atoms with Crippen molar-refractivity contribution in [1.82, 2.24) is 39.0 Å². The van der Waals surface area contributed by atoms with E-state index in [0.717, 1.165) is 19.4 Å². The Morgan fingerprint density at radius 3 is 2.29 bits per heavy atom. The summed E-state index contributed by atoms with van der Waals surface area (Å²) in [7, 11) is 5.49. The smallest absolute Gasteiger partial charge is 0.291 e. The van der Waals surface area contributed by atoms with Gasteiger partial charge in [-0.3, -0.25) is 14.4 Å². The standard InChI is InChI=1S/C39H43ClF2N10O3/c1-6-24(13-14-48(3)4)38(54)50-15-17-51(18-16-50)39(55)28-9-8-26(19-31(28)40)46-37(53)36-45-21-32(49(36)5)29-11-10-27(34(41)35(29)42)30-22-52(47-23(30)2)33-12-7-25(43)20-44-33/h7-12,19-22,24H,6,13-18,43H2,1-5H3,(H,46,53). The molecule has 55 heavy (non-hydrogen) atoms. The van der Waals surface area contributed by atoms with Gasteiger partial charge >= 0.3 is 0 Å². The van der Waals surface area contributed by atoms with Gasteiger partial charge in [-0.15, -0.1) is 0 Å². The van der Waals surface area contributed by atoms with Crippen LogP contribution in [0.15, 0.2) is 61.1 Å². The van der Waals surface area contributed by atoms with Crippen LogP contribution in [0.3, 0.4) is 0 Å². The molecule has 13 nitrogen and oxygen atoms in total. The summed E-state index contributed by atoms with van der Waals surface area (Å²) in [6.07, 6.45) is 5.87. The van der Waals surface area contributed by atoms with E-state index >= 15 is 8.78 Å². The van der Waals surface area contributed by atoms with Crippen molar-refractivity contribution < 1.29 is 23.2 Å². The number of benzene rings is 2. The first-order valence-electron chi connectivity index (χ1n) is 17.9. The molecule has 0 bridgehead atoms. The highest BCUT2D eigenvalue weighted by molar-refractivity contribution is 6.34. The molecule has 3 aromatic heterocycles. The fraction of sp³-hybridized carbons (Fsp3) is 0.333. The maximum Gasteiger partial charge on any atom is 0.291 e. The SMILES string of the molecule is CCC(CCN(C)C)C(=O)N1CCN(C(=O)c2ccc(NC(=O)c3ncc(-c4ccc(-c5cn(-c6ccc(N)cn6)nc5C)c(F)c4F)n3C)cc2Cl)CC1. The summed E-state index contributed by atoms with van der Waals surface area (Å²) in [6, 6.07) is 10.8. The van der Waals surface area contributed by atoms with E-state index in [2.05, 4.69) is 25.3 Å². The molecule has 1 atom stereocenters. The van der Waals surface area contributed by atoms with E-state index in [1.54, 1.807) is 36.2 Å². The Bertz CT molecular complexity index is 2230. The average molecular weight is 773 g/mol. The Balaban J connectivity index is 1.11. The Labute approximate surface area is 322 Å². The van der Waals surface area contributed by atoms with Crippen LogP contribution in [-0.4, -0.2) is 104 Å². The molecular weight excluding hydrogens is 730 g/mol. The Hall–Kier alpha value is -5.67. The normalized spacial score (nSPS) is 13.7. The number of rotatable bonds is 11. The second-order valence-electron chi connectivity index (χ2n) is 13.8. The molecular formula is C39H43ClF2N10O3. The highest BCUT2D eigenvalue weighted by atomic mass is 35.5. The van der Waals surface area contributed by atoms with Crippen LogP contribution in [0.5, 0.6) is 0 Å². The number of aromatic nitrogens is 5. The summed E-state index contributed by atoms with van der Waals surface area (Å²) in [5.74, 6) is -2.64. The predicted molar refractivity (Wildman–Crippen MR) is 207 cm³/mol. The third-order valence-electron chi connectivity index (χ3n) is 9.85. The van der Waals surface area contributed by atoms with E-state index in [1.807, 2.05) is 25.9 Å². The van der Waals surface area contributed by atoms with Gasteiger partial charge in [-0.2, -0.15) is 5.10 Å². The number of anilines is 2. The van der Waals surface area contributed by atoms with Crippen molar-refractivity contribution in [3.05, 3.63) is 94.8 Å². The van der Waals surface area contributed by atoms with Gasteiger partial charge in [0.15, 0.2) is 23.3 Å². The van der Waals surface area contributed by atoms with Crippen LogP contribution in [-0.2, 0) is 11.8 Å². The van der Waals surface area contributed by atoms with Crippen molar-refractivity contribution in [2.45, 2.75) is 26.7 Å². The number of piperazine rings is 1. The second-order valence-corrected chi connectivity index (χ2v) is 14.2. The molecule has 3 amide bonds. The van der Waals surface area contributed by atoms with E-state index in [9.17, 15) is 14.4 Å². The van der Waals surface area contributed by atoms with Crippen molar-refractivity contribution >= 4 is 40.7 Å². The topological polar surface area (TPSA) is 148 Å². The van der Waals surface area contributed by atoms with E-state index in [4.69, 9.17) is 17.3 Å². The van der Waals surface area contributed by atoms with Gasteiger partial charge in [0.05, 0.1) is 40.1 Å². The minimum Gasteiger partial charge on any atom is -0.397 e. The van der Waals surface area contributed by atoms with Crippen molar-refractivity contribution in [2.24, 2.45) is 13.0 Å². The number of halogens is 3. The number of hydrogen-bond acceptors (Lipinski definition) is 8. The second kappa shape index (κ2) is 16.4. The molecule has 0 radical (unpaired) electrons. The molecule has 1 aliphatic heterocycles. The molecule has 1 unspecified atom stereocenters. The van der Waals surface area contributed by atoms with Crippen molar-refractivity contribution in [3.8, 4) is 28.2 Å². The molecule has 1 saturated heterocycles. The summed E-state index contributed by atoms with van der Waals surface area (Å²) in [6.45, 7) is 6.17. The van der Waals surface area contributed by atoms with Gasteiger partial charge in [0.25, 0.3) is 11.8 Å². The van der Waals surface area contributed by atoms with E-state index in [-0.39, 0.29) is 51.0 Å². The van der Waals surface area contributed by atoms with Gasteiger partial charge in [-0.1, -0.05) is 24.6 Å². The number of nitrogens with one attached hydrogen (secondary N) is 1. The molecule has 0 saturated carbocycles. The van der Waals surface area contributed by atoms with E-state index in [0.29, 0.717) is 54.6 Å². The van der Waals surface area contributed by atoms with Gasteiger partial charge in [-0.25, -0.2) is 23.4 Å². The number of amides is 3. The Kier molecular flexibility index (Phi) is 11.6.